The van der Waals surface area contributed by atoms with Crippen LogP contribution >= 0.6 is 0 Å². The van der Waals surface area contributed by atoms with Gasteiger partial charge >= 0.3 is 0 Å². The molecule has 0 aliphatic rings. The van der Waals surface area contributed by atoms with Gasteiger partial charge < -0.3 is 9.84 Å². The van der Waals surface area contributed by atoms with Crippen LogP contribution in [0.4, 0.5) is 0 Å². The van der Waals surface area contributed by atoms with Crippen LogP contribution < -0.4 is 4.74 Å². The molecule has 0 aromatic heterocycles. The molecule has 0 heterocycles. The van der Waals surface area contributed by atoms with Gasteiger partial charge in [-0.25, -0.2) is 0 Å². The van der Waals surface area contributed by atoms with E-state index in [1.165, 1.54) is 5.56 Å². The molecule has 20 heavy (non-hydrogen) atoms. The number of hydrogen-bond donors (Lipinski definition) is 1. The van der Waals surface area contributed by atoms with E-state index >= 15 is 0 Å². The van der Waals surface area contributed by atoms with Gasteiger partial charge in [-0.1, -0.05) is 54.6 Å². The van der Waals surface area contributed by atoms with E-state index in [0.29, 0.717) is 17.9 Å². The number of rotatable bonds is 3. The summed E-state index contributed by atoms with van der Waals surface area (Å²) in [5.41, 5.74) is 2.09. The summed E-state index contributed by atoms with van der Waals surface area (Å²) in [6.07, 6.45) is 0.709. The van der Waals surface area contributed by atoms with Crippen molar-refractivity contribution in [1.82, 2.24) is 0 Å². The van der Waals surface area contributed by atoms with E-state index in [9.17, 15) is 5.11 Å². The van der Waals surface area contributed by atoms with Gasteiger partial charge in [0.05, 0.1) is 12.5 Å². The molecule has 0 bridgehead atoms. The molecule has 3 aromatic rings. The highest BCUT2D eigenvalue weighted by Gasteiger charge is 2.11. The van der Waals surface area contributed by atoms with Crippen molar-refractivity contribution in [2.45, 2.75) is 6.42 Å². The lowest BCUT2D eigenvalue weighted by Crippen LogP contribution is -1.91. The van der Waals surface area contributed by atoms with Crippen molar-refractivity contribution in [3.8, 4) is 11.5 Å². The summed E-state index contributed by atoms with van der Waals surface area (Å²) in [6.45, 7) is 0. The van der Waals surface area contributed by atoms with Crippen LogP contribution in [0.3, 0.4) is 0 Å². The van der Waals surface area contributed by atoms with E-state index in [1.54, 1.807) is 7.11 Å². The van der Waals surface area contributed by atoms with Crippen molar-refractivity contribution in [2.24, 2.45) is 0 Å². The zero-order chi connectivity index (χ0) is 13.9. The molecule has 0 radical (unpaired) electrons. The Balaban J connectivity index is 2.11. The van der Waals surface area contributed by atoms with E-state index in [4.69, 9.17) is 4.74 Å². The molecule has 2 nitrogen and oxygen atoms in total. The second-order valence-corrected chi connectivity index (χ2v) is 4.79. The molecule has 0 saturated carbocycles. The fraction of sp³-hybridized carbons (Fsp3) is 0.111. The molecule has 0 amide bonds. The number of benzene rings is 3. The molecule has 3 aromatic carbocycles. The Morgan fingerprint density at radius 2 is 1.70 bits per heavy atom. The third kappa shape index (κ3) is 2.21. The van der Waals surface area contributed by atoms with Gasteiger partial charge in [0.25, 0.3) is 0 Å². The van der Waals surface area contributed by atoms with Crippen molar-refractivity contribution in [2.75, 3.05) is 7.11 Å². The molecule has 3 rings (SSSR count). The van der Waals surface area contributed by atoms with Crippen molar-refractivity contribution >= 4 is 10.8 Å². The Hall–Kier alpha value is -2.48. The molecule has 0 atom stereocenters. The molecule has 1 N–H and O–H groups in total. The van der Waals surface area contributed by atoms with Gasteiger partial charge in [-0.3, -0.25) is 0 Å². The zero-order valence-electron chi connectivity index (χ0n) is 11.3. The first kappa shape index (κ1) is 12.5. The Bertz CT molecular complexity index is 733. The highest BCUT2D eigenvalue weighted by atomic mass is 16.5. The highest BCUT2D eigenvalue weighted by molar-refractivity contribution is 5.94. The smallest absolute Gasteiger partial charge is 0.130 e. The summed E-state index contributed by atoms with van der Waals surface area (Å²) in [4.78, 5) is 0. The maximum atomic E-state index is 10.5. The van der Waals surface area contributed by atoms with Gasteiger partial charge in [-0.2, -0.15) is 0 Å². The van der Waals surface area contributed by atoms with Crippen molar-refractivity contribution in [3.63, 3.8) is 0 Å². The van der Waals surface area contributed by atoms with Crippen LogP contribution in [0.5, 0.6) is 11.5 Å². The number of methoxy groups -OCH3 is 1. The molecule has 0 aliphatic carbocycles. The Morgan fingerprint density at radius 3 is 2.45 bits per heavy atom. The Morgan fingerprint density at radius 1 is 0.900 bits per heavy atom. The SMILES string of the molecule is COc1cccc2ccc(Cc3ccccc3)c(O)c12. The summed E-state index contributed by atoms with van der Waals surface area (Å²) in [7, 11) is 1.62. The van der Waals surface area contributed by atoms with Gasteiger partial charge in [-0.05, 0) is 22.6 Å². The molecular formula is C18H16O2. The van der Waals surface area contributed by atoms with Crippen LogP contribution in [0.1, 0.15) is 11.1 Å². The number of aromatic hydroxyl groups is 1. The maximum absolute atomic E-state index is 10.5. The minimum Gasteiger partial charge on any atom is -0.507 e. The maximum Gasteiger partial charge on any atom is 0.130 e. The molecule has 0 fully saturated rings. The van der Waals surface area contributed by atoms with Crippen LogP contribution in [0.2, 0.25) is 0 Å². The monoisotopic (exact) mass is 264 g/mol. The first-order valence-corrected chi connectivity index (χ1v) is 6.61. The van der Waals surface area contributed by atoms with Crippen LogP contribution in [0.15, 0.2) is 60.7 Å². The largest absolute Gasteiger partial charge is 0.507 e. The van der Waals surface area contributed by atoms with E-state index in [0.717, 1.165) is 16.3 Å². The summed E-state index contributed by atoms with van der Waals surface area (Å²) in [5.74, 6) is 1.01. The lowest BCUT2D eigenvalue weighted by Gasteiger charge is -2.11. The average molecular weight is 264 g/mol. The van der Waals surface area contributed by atoms with Crippen LogP contribution in [-0.4, -0.2) is 12.2 Å². The zero-order valence-corrected chi connectivity index (χ0v) is 11.3. The van der Waals surface area contributed by atoms with Gasteiger partial charge in [0.1, 0.15) is 11.5 Å². The van der Waals surface area contributed by atoms with Crippen molar-refractivity contribution in [3.05, 3.63) is 71.8 Å². The van der Waals surface area contributed by atoms with Gasteiger partial charge in [0, 0.05) is 6.42 Å². The van der Waals surface area contributed by atoms with Crippen molar-refractivity contribution < 1.29 is 9.84 Å². The number of ether oxygens (including phenoxy) is 1. The minimum atomic E-state index is 0.309. The Labute approximate surface area is 118 Å². The molecule has 0 saturated heterocycles. The van der Waals surface area contributed by atoms with Gasteiger partial charge in [0.15, 0.2) is 0 Å². The normalized spacial score (nSPS) is 10.7. The lowest BCUT2D eigenvalue weighted by molar-refractivity contribution is 0.415. The quantitative estimate of drug-likeness (QED) is 0.770. The fourth-order valence-corrected chi connectivity index (χ4v) is 2.50. The third-order valence-electron chi connectivity index (χ3n) is 3.52. The molecule has 100 valence electrons. The van der Waals surface area contributed by atoms with Gasteiger partial charge in [0.2, 0.25) is 0 Å². The third-order valence-corrected chi connectivity index (χ3v) is 3.52. The van der Waals surface area contributed by atoms with E-state index < -0.39 is 0 Å². The van der Waals surface area contributed by atoms with E-state index in [2.05, 4.69) is 12.1 Å². The van der Waals surface area contributed by atoms with Crippen LogP contribution in [0.25, 0.3) is 10.8 Å². The molecule has 0 unspecified atom stereocenters. The topological polar surface area (TPSA) is 29.5 Å². The summed E-state index contributed by atoms with van der Waals surface area (Å²) < 4.78 is 5.35. The predicted octanol–water partition coefficient (Wildman–Crippen LogP) is 4.14. The van der Waals surface area contributed by atoms with Crippen LogP contribution in [0, 0.1) is 0 Å². The molecule has 2 heteroatoms. The minimum absolute atomic E-state index is 0.309. The Kier molecular flexibility index (Phi) is 3.30. The first-order chi connectivity index (χ1) is 9.79. The summed E-state index contributed by atoms with van der Waals surface area (Å²) >= 11 is 0. The molecular weight excluding hydrogens is 248 g/mol. The van der Waals surface area contributed by atoms with E-state index in [-0.39, 0.29) is 0 Å². The highest BCUT2D eigenvalue weighted by Crippen LogP contribution is 2.36. The second kappa shape index (κ2) is 5.25. The molecule has 0 aliphatic heterocycles. The van der Waals surface area contributed by atoms with E-state index in [1.807, 2.05) is 48.5 Å². The average Bonchev–Trinajstić information content (AvgIpc) is 2.50. The molecule has 0 spiro atoms. The second-order valence-electron chi connectivity index (χ2n) is 4.79. The number of phenolic OH excluding ortho intramolecular Hbond substituents is 1. The predicted molar refractivity (Wildman–Crippen MR) is 81.4 cm³/mol. The fourth-order valence-electron chi connectivity index (χ4n) is 2.50. The van der Waals surface area contributed by atoms with Gasteiger partial charge in [-0.15, -0.1) is 0 Å². The van der Waals surface area contributed by atoms with Crippen LogP contribution in [-0.2, 0) is 6.42 Å². The standard InChI is InChI=1S/C18H16O2/c1-20-16-9-5-8-14-10-11-15(18(19)17(14)16)12-13-6-3-2-4-7-13/h2-11,19H,12H2,1H3. The van der Waals surface area contributed by atoms with Crippen molar-refractivity contribution in [1.29, 1.82) is 0 Å². The summed E-state index contributed by atoms with van der Waals surface area (Å²) in [5, 5.41) is 12.3. The first-order valence-electron chi connectivity index (χ1n) is 6.61. The number of hydrogen-bond acceptors (Lipinski definition) is 2. The lowest BCUT2D eigenvalue weighted by atomic mass is 9.99. The summed E-state index contributed by atoms with van der Waals surface area (Å²) in [6, 6.07) is 19.9. The number of fused-ring (bicyclic) bond motifs is 1. The number of phenols is 1.